The van der Waals surface area contributed by atoms with Crippen molar-refractivity contribution < 1.29 is 24.2 Å². The standard InChI is InChI=1S/C26H25NO5/c1-17-8-11-19(12-9-17)22(28)15-26(30)20-6-4-5-7-21(20)27(25(26)29)16-18-10-13-23(31-2)24(14-18)32-3/h4-14,30H,15-16H2,1-3H3. The van der Waals surface area contributed by atoms with Crippen LogP contribution >= 0.6 is 0 Å². The van der Waals surface area contributed by atoms with Gasteiger partial charge in [-0.15, -0.1) is 0 Å². The average molecular weight is 431 g/mol. The number of amides is 1. The van der Waals surface area contributed by atoms with Crippen LogP contribution in [0.2, 0.25) is 0 Å². The molecule has 0 saturated carbocycles. The van der Waals surface area contributed by atoms with Crippen LogP contribution in [0.3, 0.4) is 0 Å². The van der Waals surface area contributed by atoms with Crippen molar-refractivity contribution in [1.82, 2.24) is 0 Å². The van der Waals surface area contributed by atoms with Crippen molar-refractivity contribution in [2.24, 2.45) is 0 Å². The SMILES string of the molecule is COc1ccc(CN2C(=O)C(O)(CC(=O)c3ccc(C)cc3)c3ccccc32)cc1OC. The van der Waals surface area contributed by atoms with Crippen molar-refractivity contribution in [2.45, 2.75) is 25.5 Å². The molecular formula is C26H25NO5. The molecule has 0 spiro atoms. The molecule has 0 aromatic heterocycles. The summed E-state index contributed by atoms with van der Waals surface area (Å²) in [5, 5.41) is 11.5. The molecule has 1 unspecified atom stereocenters. The molecule has 1 atom stereocenters. The number of hydrogen-bond acceptors (Lipinski definition) is 5. The Balaban J connectivity index is 1.66. The van der Waals surface area contributed by atoms with Gasteiger partial charge in [-0.2, -0.15) is 0 Å². The van der Waals surface area contributed by atoms with Gasteiger partial charge in [0, 0.05) is 11.1 Å². The Labute approximate surface area is 187 Å². The van der Waals surface area contributed by atoms with E-state index in [9.17, 15) is 14.7 Å². The topological polar surface area (TPSA) is 76.1 Å². The Morgan fingerprint density at radius 3 is 2.34 bits per heavy atom. The molecule has 32 heavy (non-hydrogen) atoms. The molecular weight excluding hydrogens is 406 g/mol. The molecule has 0 radical (unpaired) electrons. The number of ether oxygens (including phenoxy) is 2. The van der Waals surface area contributed by atoms with Crippen molar-refractivity contribution >= 4 is 17.4 Å². The molecule has 4 rings (SSSR count). The fourth-order valence-corrected chi connectivity index (χ4v) is 4.07. The minimum atomic E-state index is -1.92. The highest BCUT2D eigenvalue weighted by Gasteiger charge is 2.50. The first kappa shape index (κ1) is 21.6. The second kappa shape index (κ2) is 8.48. The summed E-state index contributed by atoms with van der Waals surface area (Å²) in [5.41, 5.74) is 1.41. The quantitative estimate of drug-likeness (QED) is 0.572. The van der Waals surface area contributed by atoms with Gasteiger partial charge in [0.25, 0.3) is 5.91 Å². The number of aliphatic hydroxyl groups is 1. The number of nitrogens with zero attached hydrogens (tertiary/aromatic N) is 1. The van der Waals surface area contributed by atoms with E-state index < -0.39 is 11.5 Å². The molecule has 1 aliphatic heterocycles. The Morgan fingerprint density at radius 2 is 1.66 bits per heavy atom. The van der Waals surface area contributed by atoms with Crippen LogP contribution < -0.4 is 14.4 Å². The third-order valence-corrected chi connectivity index (χ3v) is 5.82. The molecule has 1 aliphatic rings. The zero-order valence-corrected chi connectivity index (χ0v) is 18.3. The number of rotatable bonds is 7. The van der Waals surface area contributed by atoms with Crippen LogP contribution in [0.5, 0.6) is 11.5 Å². The van der Waals surface area contributed by atoms with E-state index in [0.29, 0.717) is 28.3 Å². The maximum absolute atomic E-state index is 13.5. The van der Waals surface area contributed by atoms with Gasteiger partial charge in [0.1, 0.15) is 0 Å². The summed E-state index contributed by atoms with van der Waals surface area (Å²) in [6.07, 6.45) is -0.325. The maximum Gasteiger partial charge on any atom is 0.264 e. The summed E-state index contributed by atoms with van der Waals surface area (Å²) in [4.78, 5) is 27.9. The number of anilines is 1. The van der Waals surface area contributed by atoms with E-state index in [4.69, 9.17) is 9.47 Å². The van der Waals surface area contributed by atoms with Crippen molar-refractivity contribution in [3.63, 3.8) is 0 Å². The Bertz CT molecular complexity index is 1170. The number of carbonyl (C=O) groups is 2. The summed E-state index contributed by atoms with van der Waals surface area (Å²) in [6, 6.07) is 19.6. The van der Waals surface area contributed by atoms with E-state index in [1.165, 1.54) is 4.90 Å². The summed E-state index contributed by atoms with van der Waals surface area (Å²) < 4.78 is 10.6. The Hall–Kier alpha value is -3.64. The van der Waals surface area contributed by atoms with Crippen molar-refractivity contribution in [1.29, 1.82) is 0 Å². The third-order valence-electron chi connectivity index (χ3n) is 5.82. The number of ketones is 1. The number of Topliss-reactive ketones (excluding diaryl/α,β-unsaturated/α-hetero) is 1. The third kappa shape index (κ3) is 3.74. The summed E-state index contributed by atoms with van der Waals surface area (Å²) in [7, 11) is 3.11. The lowest BCUT2D eigenvalue weighted by Crippen LogP contribution is -2.41. The molecule has 1 N–H and O–H groups in total. The van der Waals surface area contributed by atoms with Gasteiger partial charge in [0.05, 0.1) is 32.9 Å². The van der Waals surface area contributed by atoms with E-state index >= 15 is 0 Å². The molecule has 0 saturated heterocycles. The molecule has 0 fully saturated rings. The number of para-hydroxylation sites is 1. The number of fused-ring (bicyclic) bond motifs is 1. The van der Waals surface area contributed by atoms with Gasteiger partial charge in [0.15, 0.2) is 22.9 Å². The monoisotopic (exact) mass is 431 g/mol. The highest BCUT2D eigenvalue weighted by atomic mass is 16.5. The van der Waals surface area contributed by atoms with E-state index in [1.54, 1.807) is 62.8 Å². The molecule has 1 amide bonds. The summed E-state index contributed by atoms with van der Waals surface area (Å²) in [6.45, 7) is 2.15. The van der Waals surface area contributed by atoms with E-state index in [-0.39, 0.29) is 18.7 Å². The molecule has 6 heteroatoms. The van der Waals surface area contributed by atoms with E-state index in [1.807, 2.05) is 25.1 Å². The first-order valence-electron chi connectivity index (χ1n) is 10.3. The van der Waals surface area contributed by atoms with Gasteiger partial charge in [0.2, 0.25) is 0 Å². The summed E-state index contributed by atoms with van der Waals surface area (Å²) in [5.74, 6) is 0.330. The number of benzene rings is 3. The Morgan fingerprint density at radius 1 is 0.969 bits per heavy atom. The van der Waals surface area contributed by atoms with Gasteiger partial charge >= 0.3 is 0 Å². The molecule has 0 aliphatic carbocycles. The normalized spacial score (nSPS) is 17.2. The van der Waals surface area contributed by atoms with Crippen LogP contribution in [0.1, 0.15) is 33.5 Å². The number of aryl methyl sites for hydroxylation is 1. The number of hydrogen-bond donors (Lipinski definition) is 1. The van der Waals surface area contributed by atoms with Crippen molar-refractivity contribution in [2.75, 3.05) is 19.1 Å². The van der Waals surface area contributed by atoms with Crippen LogP contribution in [0.4, 0.5) is 5.69 Å². The van der Waals surface area contributed by atoms with E-state index in [2.05, 4.69) is 0 Å². The minimum Gasteiger partial charge on any atom is -0.493 e. The fraction of sp³-hybridized carbons (Fsp3) is 0.231. The largest absolute Gasteiger partial charge is 0.493 e. The Kier molecular flexibility index (Phi) is 5.72. The lowest BCUT2D eigenvalue weighted by atomic mass is 9.88. The van der Waals surface area contributed by atoms with E-state index in [0.717, 1.165) is 11.1 Å². The second-order valence-corrected chi connectivity index (χ2v) is 7.92. The van der Waals surface area contributed by atoms with Gasteiger partial charge in [-0.05, 0) is 30.7 Å². The molecule has 0 bridgehead atoms. The smallest absolute Gasteiger partial charge is 0.264 e. The van der Waals surface area contributed by atoms with Crippen LogP contribution in [-0.4, -0.2) is 31.0 Å². The van der Waals surface area contributed by atoms with Crippen molar-refractivity contribution in [3.05, 3.63) is 89.0 Å². The highest BCUT2D eigenvalue weighted by Crippen LogP contribution is 2.44. The lowest BCUT2D eigenvalue weighted by molar-refractivity contribution is -0.136. The second-order valence-electron chi connectivity index (χ2n) is 7.92. The number of methoxy groups -OCH3 is 2. The zero-order chi connectivity index (χ0) is 22.9. The maximum atomic E-state index is 13.5. The van der Waals surface area contributed by atoms with Crippen LogP contribution in [-0.2, 0) is 16.9 Å². The number of carbonyl (C=O) groups excluding carboxylic acids is 2. The predicted molar refractivity (Wildman–Crippen MR) is 121 cm³/mol. The first-order valence-corrected chi connectivity index (χ1v) is 10.3. The highest BCUT2D eigenvalue weighted by molar-refractivity contribution is 6.10. The molecule has 1 heterocycles. The average Bonchev–Trinajstić information content (AvgIpc) is 3.01. The van der Waals surface area contributed by atoms with Crippen LogP contribution in [0, 0.1) is 6.92 Å². The molecule has 3 aromatic carbocycles. The lowest BCUT2D eigenvalue weighted by Gasteiger charge is -2.23. The van der Waals surface area contributed by atoms with Crippen LogP contribution in [0.15, 0.2) is 66.7 Å². The van der Waals surface area contributed by atoms with Crippen molar-refractivity contribution in [3.8, 4) is 11.5 Å². The minimum absolute atomic E-state index is 0.219. The first-order chi connectivity index (χ1) is 15.4. The van der Waals surface area contributed by atoms with Gasteiger partial charge in [-0.3, -0.25) is 9.59 Å². The van der Waals surface area contributed by atoms with Gasteiger partial charge in [-0.25, -0.2) is 0 Å². The predicted octanol–water partition coefficient (Wildman–Crippen LogP) is 4.02. The zero-order valence-electron chi connectivity index (χ0n) is 18.3. The summed E-state index contributed by atoms with van der Waals surface area (Å²) >= 11 is 0. The van der Waals surface area contributed by atoms with Gasteiger partial charge in [-0.1, -0.05) is 54.1 Å². The molecule has 164 valence electrons. The molecule has 3 aromatic rings. The molecule has 6 nitrogen and oxygen atoms in total. The van der Waals surface area contributed by atoms with Crippen LogP contribution in [0.25, 0.3) is 0 Å². The van der Waals surface area contributed by atoms with Gasteiger partial charge < -0.3 is 19.5 Å². The fourth-order valence-electron chi connectivity index (χ4n) is 4.07.